The van der Waals surface area contributed by atoms with Gasteiger partial charge in [0, 0.05) is 60.9 Å². The number of fused-ring (bicyclic) bond motifs is 1. The highest BCUT2D eigenvalue weighted by Crippen LogP contribution is 2.43. The summed E-state index contributed by atoms with van der Waals surface area (Å²) in [5.41, 5.74) is -5.45. The molecule has 4 heterocycles. The number of nitrogens with one attached hydrogen (secondary N) is 5. The van der Waals surface area contributed by atoms with Crippen LogP contribution in [0.4, 0.5) is 31.1 Å². The number of hydrogen-bond acceptors (Lipinski definition) is 16. The quantitative estimate of drug-likeness (QED) is 0.0141. The van der Waals surface area contributed by atoms with Crippen LogP contribution in [0.15, 0.2) is 65.7 Å². The molecule has 0 spiro atoms. The Kier molecular flexibility index (Phi) is 21.4. The number of carboxylic acids is 1. The van der Waals surface area contributed by atoms with E-state index in [-0.39, 0.29) is 97.7 Å². The van der Waals surface area contributed by atoms with Crippen LogP contribution in [0.1, 0.15) is 80.0 Å². The summed E-state index contributed by atoms with van der Waals surface area (Å²) in [6.07, 6.45) is -9.60. The van der Waals surface area contributed by atoms with Gasteiger partial charge >= 0.3 is 24.4 Å². The molecule has 82 heavy (non-hydrogen) atoms. The van der Waals surface area contributed by atoms with Crippen LogP contribution in [-0.2, 0) is 66.6 Å². The fourth-order valence-electron chi connectivity index (χ4n) is 10.0. The number of alkyl halides is 6. The number of nitrogens with zero attached hydrogens (tertiary/aromatic N) is 3. The second-order valence-corrected chi connectivity index (χ2v) is 23.0. The summed E-state index contributed by atoms with van der Waals surface area (Å²) in [7, 11) is -4.45. The summed E-state index contributed by atoms with van der Waals surface area (Å²) in [6, 6.07) is 4.56. The minimum absolute atomic E-state index is 0.0285. The van der Waals surface area contributed by atoms with Gasteiger partial charge in [0.1, 0.15) is 42.4 Å². The second kappa shape index (κ2) is 27.8. The van der Waals surface area contributed by atoms with Gasteiger partial charge in [0.25, 0.3) is 10.1 Å². The zero-order valence-electron chi connectivity index (χ0n) is 44.0. The van der Waals surface area contributed by atoms with Gasteiger partial charge in [-0.1, -0.05) is 41.5 Å². The number of aliphatic hydroxyl groups excluding tert-OH is 2. The molecule has 4 aliphatic rings. The number of unbranched alkanes of at least 4 members (excludes halogenated alkanes) is 1. The summed E-state index contributed by atoms with van der Waals surface area (Å²) < 4.78 is 131. The maximum Gasteiger partial charge on any atom is 0.417 e. The number of allylic oxidation sites excluding steroid dienone is 1. The lowest BCUT2D eigenvalue weighted by molar-refractivity contribution is -0.267. The molecular formula is C52H62F6N8O14S2. The zero-order valence-corrected chi connectivity index (χ0v) is 45.6. The molecule has 0 radical (unpaired) electrons. The smallest absolute Gasteiger partial charge is 0.417 e. The van der Waals surface area contributed by atoms with E-state index in [0.29, 0.717) is 43.5 Å². The van der Waals surface area contributed by atoms with Crippen LogP contribution in [-0.4, -0.2) is 154 Å². The van der Waals surface area contributed by atoms with E-state index in [4.69, 9.17) is 13.7 Å². The number of aliphatic carboxylic acids is 1. The predicted octanol–water partition coefficient (Wildman–Crippen LogP) is 4.02. The molecular weight excluding hydrogens is 1140 g/mol. The highest BCUT2D eigenvalue weighted by atomic mass is 32.2. The highest BCUT2D eigenvalue weighted by Gasteiger charge is 2.47. The number of amides is 5. The van der Waals surface area contributed by atoms with Gasteiger partial charge in [0.15, 0.2) is 6.29 Å². The first kappa shape index (κ1) is 63.1. The van der Waals surface area contributed by atoms with Crippen LogP contribution in [0.25, 0.3) is 17.3 Å². The summed E-state index contributed by atoms with van der Waals surface area (Å²) in [4.78, 5) is 73.2. The molecule has 3 aromatic rings. The van der Waals surface area contributed by atoms with Crippen molar-refractivity contribution in [2.75, 3.05) is 32.1 Å². The number of ketones is 1. The Hall–Kier alpha value is -6.44. The number of urea groups is 1. The van der Waals surface area contributed by atoms with Gasteiger partial charge in [-0.25, -0.2) is 9.48 Å². The molecule has 3 aliphatic heterocycles. The number of Topliss-reactive ketones (excluding diaryl/α,β-unsaturated/α-hetero) is 1. The molecule has 448 valence electrons. The molecule has 7 rings (SSSR count). The van der Waals surface area contributed by atoms with Crippen molar-refractivity contribution in [2.24, 2.45) is 11.8 Å². The Balaban J connectivity index is 0.981. The Morgan fingerprint density at radius 3 is 2.35 bits per heavy atom. The number of carbonyl (C=O) groups excluding carboxylic acids is 5. The summed E-state index contributed by atoms with van der Waals surface area (Å²) in [5, 5.41) is 52.7. The third-order valence-electron chi connectivity index (χ3n) is 14.2. The van der Waals surface area contributed by atoms with E-state index in [1.807, 2.05) is 0 Å². The van der Waals surface area contributed by atoms with Gasteiger partial charge in [-0.3, -0.25) is 28.2 Å². The highest BCUT2D eigenvalue weighted by molar-refractivity contribution is 8.00. The molecule has 1 aromatic heterocycles. The van der Waals surface area contributed by atoms with Gasteiger partial charge in [-0.05, 0) is 80.9 Å². The Morgan fingerprint density at radius 1 is 0.951 bits per heavy atom. The average molecular weight is 1200 g/mol. The van der Waals surface area contributed by atoms with Gasteiger partial charge in [-0.15, -0.1) is 5.10 Å². The van der Waals surface area contributed by atoms with Crippen molar-refractivity contribution in [1.29, 1.82) is 0 Å². The third kappa shape index (κ3) is 17.1. The van der Waals surface area contributed by atoms with Crippen LogP contribution in [0.2, 0.25) is 0 Å². The van der Waals surface area contributed by atoms with E-state index < -0.39 is 118 Å². The molecule has 0 unspecified atom stereocenters. The zero-order chi connectivity index (χ0) is 59.5. The van der Waals surface area contributed by atoms with E-state index in [1.54, 1.807) is 30.8 Å². The predicted molar refractivity (Wildman–Crippen MR) is 279 cm³/mol. The third-order valence-corrected chi connectivity index (χ3v) is 17.0. The first-order chi connectivity index (χ1) is 38.8. The molecule has 10 atom stereocenters. The second-order valence-electron chi connectivity index (χ2n) is 20.1. The van der Waals surface area contributed by atoms with Crippen molar-refractivity contribution in [3.05, 3.63) is 83.1 Å². The molecule has 30 heteroatoms. The van der Waals surface area contributed by atoms with E-state index in [1.165, 1.54) is 24.3 Å². The number of thioether (sulfide) groups is 1. The van der Waals surface area contributed by atoms with Gasteiger partial charge < -0.3 is 51.4 Å². The first-order valence-electron chi connectivity index (χ1n) is 26.2. The summed E-state index contributed by atoms with van der Waals surface area (Å²) >= 11 is 1.74. The number of ether oxygens (including phenoxy) is 2. The van der Waals surface area contributed by atoms with Crippen LogP contribution < -0.4 is 26.6 Å². The first-order valence-corrected chi connectivity index (χ1v) is 28.7. The normalized spacial score (nSPS) is 24.8. The molecule has 2 aromatic carbocycles. The monoisotopic (exact) mass is 1200 g/mol. The van der Waals surface area contributed by atoms with Crippen molar-refractivity contribution in [1.82, 2.24) is 41.6 Å². The number of aliphatic hydroxyl groups is 2. The fourth-order valence-corrected chi connectivity index (χ4v) is 12.4. The molecule has 22 nitrogen and oxygen atoms in total. The van der Waals surface area contributed by atoms with Crippen LogP contribution in [0, 0.1) is 18.8 Å². The van der Waals surface area contributed by atoms with Crippen molar-refractivity contribution in [2.45, 2.75) is 136 Å². The lowest BCUT2D eigenvalue weighted by Crippen LogP contribution is -2.65. The Morgan fingerprint density at radius 2 is 1.66 bits per heavy atom. The number of benzene rings is 2. The van der Waals surface area contributed by atoms with E-state index in [0.717, 1.165) is 28.6 Å². The van der Waals surface area contributed by atoms with Crippen molar-refractivity contribution < 1.29 is 92.5 Å². The number of halogens is 6. The number of hydrogen-bond donors (Lipinski definition) is 8. The van der Waals surface area contributed by atoms with E-state index >= 15 is 0 Å². The molecule has 4 fully saturated rings. The number of rotatable bonds is 26. The molecule has 8 N–H and O–H groups in total. The Labute approximate surface area is 470 Å². The van der Waals surface area contributed by atoms with Crippen LogP contribution in [0.5, 0.6) is 0 Å². The number of carboxylic acid groups (broad SMARTS) is 1. The molecule has 5 amide bonds. The van der Waals surface area contributed by atoms with Crippen molar-refractivity contribution >= 4 is 63.5 Å². The minimum atomic E-state index is -5.41. The fraction of sp³-hybridized carbons (Fsp3) is 0.538. The van der Waals surface area contributed by atoms with Crippen LogP contribution in [0.3, 0.4) is 0 Å². The van der Waals surface area contributed by atoms with Gasteiger partial charge in [-0.2, -0.15) is 46.5 Å². The number of aromatic nitrogens is 3. The van der Waals surface area contributed by atoms with Crippen molar-refractivity contribution in [3.63, 3.8) is 0 Å². The SMILES string of the molecule is Cc1ccc(S(=O)(=O)OCC(=O)N[C@H]2[C@H](OCC/C=C\C[C@H]3C(=O)CC[C@@H]3CC(=O)O)O[C@H](Cn3cc(-c4cc(C(F)(F)F)c(/C=C/C(=O)NCCNC(=O)CCCC[C@@H]5SC[C@@H]6NC(=O)N[C@@H]65)c(C(F)(F)F)c4)nn3)[C@H](O)[C@@H]2O)cc1. The van der Waals surface area contributed by atoms with Crippen molar-refractivity contribution in [3.8, 4) is 11.3 Å². The summed E-state index contributed by atoms with van der Waals surface area (Å²) in [6.45, 7) is -0.430. The Bertz CT molecular complexity index is 2930. The minimum Gasteiger partial charge on any atom is -0.481 e. The maximum absolute atomic E-state index is 14.6. The van der Waals surface area contributed by atoms with E-state index in [2.05, 4.69) is 36.9 Å². The average Bonchev–Trinajstić information content (AvgIpc) is 3.35. The topological polar surface area (TPSA) is 316 Å². The molecule has 3 saturated heterocycles. The van der Waals surface area contributed by atoms with Gasteiger partial charge in [0.2, 0.25) is 17.7 Å². The molecule has 1 aliphatic carbocycles. The lowest BCUT2D eigenvalue weighted by atomic mass is 9.89. The maximum atomic E-state index is 14.6. The van der Waals surface area contributed by atoms with E-state index in [9.17, 15) is 78.8 Å². The number of carbonyl (C=O) groups is 6. The largest absolute Gasteiger partial charge is 0.481 e. The molecule has 1 saturated carbocycles. The molecule has 0 bridgehead atoms. The summed E-state index contributed by atoms with van der Waals surface area (Å²) in [5.74, 6) is -3.62. The number of aryl methyl sites for hydroxylation is 1. The van der Waals surface area contributed by atoms with Gasteiger partial charge in [0.05, 0.1) is 47.5 Å². The standard InChI is InChI=1S/C52H62F6N8O14S2/c1-28-10-13-31(14-11-28)82(76,77)79-26-43(70)62-46-48(74)47(73)39(80-49(46)78-20-6-2-3-7-32-29(23-44(71)72)12-16-38(32)67)25-66-24-36(64-65-66)30-21-34(51(53,54)55)33(35(22-30)52(56,57)58)15-17-42(69)60-19-18-59-41(68)9-5-4-8-40-45-37(27-81-40)61-50(75)63-45/h2-3,10-11,13-15,17,21-22,24,29,32,37,39-40,45-49,73-74H,4-9,12,16,18-20,23,25-27H2,1H3,(H,59,68)(H,60,69)(H,62,70)(H,71,72)(H2,61,63,75)/b3-2-,17-15+/t29-,32-,37+,39-,40+,45+,46-,47+,48-,49-/m1/s1. The van der Waals surface area contributed by atoms with Crippen LogP contribution >= 0.6 is 11.8 Å². The lowest BCUT2D eigenvalue weighted by Gasteiger charge is -2.42.